The summed E-state index contributed by atoms with van der Waals surface area (Å²) in [7, 11) is -33.2. The Balaban J connectivity index is 0.000000229. The van der Waals surface area contributed by atoms with Gasteiger partial charge < -0.3 is 9.97 Å². The molecule has 25 heteroatoms. The topological polar surface area (TPSA) is 326 Å². The van der Waals surface area contributed by atoms with Crippen LogP contribution in [0.25, 0.3) is 89.7 Å². The zero-order valence-electron chi connectivity index (χ0n) is 27.9. The van der Waals surface area contributed by atoms with Gasteiger partial charge in [-0.25, -0.2) is 29.9 Å². The minimum absolute atomic E-state index is 0.597. The molecule has 7 aromatic rings. The van der Waals surface area contributed by atoms with E-state index in [1.807, 2.05) is 97.1 Å². The third-order valence-corrected chi connectivity index (χ3v) is 35.7. The van der Waals surface area contributed by atoms with Gasteiger partial charge in [-0.2, -0.15) is 0 Å². The van der Waals surface area contributed by atoms with E-state index in [1.54, 1.807) is 0 Å². The Morgan fingerprint density at radius 3 is 0.754 bits per heavy atom. The van der Waals surface area contributed by atoms with Gasteiger partial charge in [0.2, 0.25) is 0 Å². The summed E-state index contributed by atoms with van der Waals surface area (Å²) in [6.07, 6.45) is 0. The van der Waals surface area contributed by atoms with Crippen LogP contribution < -0.4 is 0 Å². The third-order valence-electron chi connectivity index (χ3n) is 8.22. The van der Waals surface area contributed by atoms with Gasteiger partial charge in [0.15, 0.2) is 23.3 Å². The summed E-state index contributed by atoms with van der Waals surface area (Å²) < 4.78 is 118. The van der Waals surface area contributed by atoms with Gasteiger partial charge in [0.05, 0.1) is 0 Å². The molecule has 0 aliphatic carbocycles. The van der Waals surface area contributed by atoms with Crippen molar-refractivity contribution in [3.05, 3.63) is 97.1 Å². The maximum Gasteiger partial charge on any atom is 0.164 e. The van der Waals surface area contributed by atoms with Crippen LogP contribution in [0, 0.1) is 0 Å². The van der Waals surface area contributed by atoms with E-state index in [0.717, 1.165) is 43.8 Å². The van der Waals surface area contributed by atoms with Crippen LogP contribution in [-0.4, -0.2) is 91.8 Å². The second-order valence-electron chi connectivity index (χ2n) is 11.6. The molecule has 20 nitrogen and oxygen atoms in total. The van der Waals surface area contributed by atoms with Crippen LogP contribution in [-0.2, 0) is 42.5 Å². The van der Waals surface area contributed by atoms with Crippen LogP contribution >= 0.6 is 0 Å². The van der Waals surface area contributed by atoms with E-state index in [2.05, 4.69) is 9.97 Å². The van der Waals surface area contributed by atoms with Crippen molar-refractivity contribution in [1.82, 2.24) is 39.9 Å². The van der Waals surface area contributed by atoms with Gasteiger partial charge in [-0.15, -0.1) is 0 Å². The number of aromatic amines is 2. The molecule has 4 aromatic carbocycles. The fraction of sp³-hybridized carbons (Fsp3) is 0. The minimum Gasteiger partial charge on any atom is -0.324 e. The van der Waals surface area contributed by atoms with Gasteiger partial charge in [-0.3, -0.25) is 0 Å². The molecule has 0 saturated carbocycles. The average molecular weight is 902 g/mol. The number of hydrogen-bond donors (Lipinski definition) is 6. The second kappa shape index (κ2) is 13.2. The molecule has 0 radical (unpaired) electrons. The molecule has 0 atom stereocenters. The summed E-state index contributed by atoms with van der Waals surface area (Å²) in [5, 5.41) is 3.82. The maximum atomic E-state index is 10.6. The molecular weight excluding hydrogens is 880 g/mol. The Hall–Kier alpha value is -5.60. The van der Waals surface area contributed by atoms with E-state index >= 15 is 0 Å². The Bertz CT molecular complexity index is 3050. The molecule has 2 aliphatic rings. The van der Waals surface area contributed by atoms with Gasteiger partial charge in [0.25, 0.3) is 0 Å². The zero-order valence-corrected chi connectivity index (χ0v) is 32.1. The largest absolute Gasteiger partial charge is 0.324 e. The standard InChI is InChI=1S/C32H18N8.Cu.4HO3S/c1-2-10-18-17(9-1)25-33-26(18)38-28-21-13-5-6-14-22(21)30(35-28)40-32-24-16-8-7-15-23(24)31(36-32)39-29-20-12-4-3-11-19(20)27(34-29)37-25;;4*1-4(2)3/h1-16H,(H2,33,34,35,36,37,38,39,40);;4*(H,1,2,3). The van der Waals surface area contributed by atoms with E-state index in [1.165, 1.54) is 0 Å². The van der Waals surface area contributed by atoms with Gasteiger partial charge in [-0.1, -0.05) is 97.1 Å². The number of H-pyrrole nitrogens is 2. The summed E-state index contributed by atoms with van der Waals surface area (Å²) in [6, 6.07) is 32.2. The molecule has 6 N–H and O–H groups in total. The van der Waals surface area contributed by atoms with Crippen molar-refractivity contribution >= 4 is 78.3 Å². The molecule has 8 bridgehead atoms. The van der Waals surface area contributed by atoms with Gasteiger partial charge in [0, 0.05) is 43.8 Å². The third kappa shape index (κ3) is 6.16. The summed E-state index contributed by atoms with van der Waals surface area (Å²) in [4.78, 5) is 36.8. The predicted octanol–water partition coefficient (Wildman–Crippen LogP) is 4.22. The van der Waals surface area contributed by atoms with Crippen molar-refractivity contribution in [3.63, 3.8) is 0 Å². The van der Waals surface area contributed by atoms with Crippen molar-refractivity contribution < 1.29 is 60.2 Å². The molecule has 3 aromatic heterocycles. The monoisotopic (exact) mass is 901 g/mol. The summed E-state index contributed by atoms with van der Waals surface area (Å²) in [6.45, 7) is 0. The molecule has 297 valence electrons. The molecule has 2 aliphatic heterocycles. The first-order valence-electron chi connectivity index (χ1n) is 15.5. The van der Waals surface area contributed by atoms with E-state index in [-0.39, 0.29) is 0 Å². The molecule has 0 amide bonds. The molecule has 0 fully saturated rings. The Morgan fingerprint density at radius 2 is 0.561 bits per heavy atom. The van der Waals surface area contributed by atoms with E-state index in [4.69, 9.17) is 48.1 Å². The van der Waals surface area contributed by atoms with E-state index in [9.17, 15) is 33.7 Å². The molecule has 0 unspecified atom stereocenters. The summed E-state index contributed by atoms with van der Waals surface area (Å²) in [5.41, 5.74) is 6.45. The van der Waals surface area contributed by atoms with E-state index < -0.39 is 42.5 Å². The van der Waals surface area contributed by atoms with Crippen molar-refractivity contribution in [2.75, 3.05) is 0 Å². The normalized spacial score (nSPS) is 13.4. The van der Waals surface area contributed by atoms with Gasteiger partial charge in [-0.05, 0) is 0 Å². The fourth-order valence-electron chi connectivity index (χ4n) is 6.07. The average Bonchev–Trinajstić information content (AvgIpc) is 3.85. The first-order chi connectivity index (χ1) is 26.8. The van der Waals surface area contributed by atoms with Crippen LogP contribution in [0.1, 0.15) is 0 Å². The van der Waals surface area contributed by atoms with Crippen LogP contribution in [0.15, 0.2) is 97.1 Å². The fourth-order valence-corrected chi connectivity index (χ4v) is 23.5. The van der Waals surface area contributed by atoms with Gasteiger partial charge in [0.1, 0.15) is 22.6 Å². The number of nitrogens with zero attached hydrogens (tertiary/aromatic N) is 6. The Morgan fingerprint density at radius 1 is 0.351 bits per heavy atom. The number of benzene rings is 4. The molecule has 9 rings (SSSR count). The zero-order chi connectivity index (χ0) is 40.7. The molecule has 57 heavy (non-hydrogen) atoms. The number of fused-ring (bicyclic) bond motifs is 20. The predicted molar refractivity (Wildman–Crippen MR) is 202 cm³/mol. The van der Waals surface area contributed by atoms with E-state index in [0.29, 0.717) is 45.9 Å². The minimum atomic E-state index is -6.68. The van der Waals surface area contributed by atoms with Crippen molar-refractivity contribution in [1.29, 1.82) is 0 Å². The van der Waals surface area contributed by atoms with Crippen molar-refractivity contribution in [2.24, 2.45) is 0 Å². The van der Waals surface area contributed by atoms with Crippen molar-refractivity contribution in [3.8, 4) is 45.6 Å². The van der Waals surface area contributed by atoms with Crippen LogP contribution in [0.5, 0.6) is 0 Å². The number of aromatic nitrogens is 8. The smallest absolute Gasteiger partial charge is 0.164 e. The van der Waals surface area contributed by atoms with Crippen LogP contribution in [0.4, 0.5) is 0 Å². The first-order valence-corrected chi connectivity index (χ1v) is 25.3. The van der Waals surface area contributed by atoms with Crippen LogP contribution in [0.3, 0.4) is 0 Å². The SMILES string of the molecule is O=[S](=O)(O)[Cu]([S](=O)(=O)O)([S](=O)(=O)O)[S](=O)(=O)O.c1ccc2c(c1)-c1nc-2nc2[nH]c(nc3nc(nc4[nH]c(n1)c1ccccc41)-c1ccccc1-3)c1ccccc21. The summed E-state index contributed by atoms with van der Waals surface area (Å²) >= 11 is 0. The number of nitrogens with one attached hydrogen (secondary N) is 2. The maximum absolute atomic E-state index is 10.6. The Labute approximate surface area is 319 Å². The second-order valence-corrected chi connectivity index (χ2v) is 31.3. The Kier molecular flexibility index (Phi) is 8.89. The van der Waals surface area contributed by atoms with Crippen LogP contribution in [0.2, 0.25) is 0 Å². The molecule has 0 spiro atoms. The molecule has 5 heterocycles. The quantitative estimate of drug-likeness (QED) is 0.106. The molecular formula is C32H22CuN8O12S4. The molecule has 0 saturated heterocycles. The van der Waals surface area contributed by atoms with Crippen molar-refractivity contribution in [2.45, 2.75) is 0 Å². The summed E-state index contributed by atoms with van der Waals surface area (Å²) in [5.74, 6) is 2.39. The van der Waals surface area contributed by atoms with Gasteiger partial charge >= 0.3 is 94.4 Å². The first kappa shape index (κ1) is 38.3. The number of rotatable bonds is 4. The number of hydrogen-bond acceptors (Lipinski definition) is 14.